The van der Waals surface area contributed by atoms with Gasteiger partial charge < -0.3 is 15.4 Å². The number of carbonyl (C=O) groups is 1. The summed E-state index contributed by atoms with van der Waals surface area (Å²) in [6.07, 6.45) is 4.10. The Balaban J connectivity index is 1.74. The van der Waals surface area contributed by atoms with Crippen LogP contribution in [0.15, 0.2) is 36.4 Å². The van der Waals surface area contributed by atoms with Crippen molar-refractivity contribution in [3.05, 3.63) is 47.7 Å². The second-order valence-corrected chi connectivity index (χ2v) is 5.79. The van der Waals surface area contributed by atoms with Crippen molar-refractivity contribution >= 4 is 11.7 Å². The summed E-state index contributed by atoms with van der Waals surface area (Å²) in [4.78, 5) is 11.9. The van der Waals surface area contributed by atoms with Crippen LogP contribution in [0.2, 0.25) is 0 Å². The number of amides is 1. The van der Waals surface area contributed by atoms with E-state index in [1.807, 2.05) is 24.3 Å². The maximum atomic E-state index is 11.9. The van der Waals surface area contributed by atoms with E-state index in [0.717, 1.165) is 38.0 Å². The number of nitrogens with zero attached hydrogens (tertiary/aromatic N) is 2. The van der Waals surface area contributed by atoms with E-state index in [2.05, 4.69) is 27.8 Å². The summed E-state index contributed by atoms with van der Waals surface area (Å²) in [5.41, 5.74) is 1.56. The smallest absolute Gasteiger partial charge is 0.271 e. The maximum Gasteiger partial charge on any atom is 0.271 e. The molecule has 1 aromatic heterocycles. The first kappa shape index (κ1) is 18.7. The van der Waals surface area contributed by atoms with Crippen molar-refractivity contribution in [1.29, 1.82) is 0 Å². The van der Waals surface area contributed by atoms with Crippen molar-refractivity contribution in [1.82, 2.24) is 15.5 Å². The van der Waals surface area contributed by atoms with E-state index in [4.69, 9.17) is 4.74 Å². The lowest BCUT2D eigenvalue weighted by Gasteiger charge is -2.07. The van der Waals surface area contributed by atoms with E-state index in [1.165, 1.54) is 5.56 Å². The highest BCUT2D eigenvalue weighted by molar-refractivity contribution is 5.92. The Kier molecular flexibility index (Phi) is 7.69. The van der Waals surface area contributed by atoms with Gasteiger partial charge in [0.05, 0.1) is 7.11 Å². The fourth-order valence-electron chi connectivity index (χ4n) is 2.34. The van der Waals surface area contributed by atoms with Crippen molar-refractivity contribution < 1.29 is 9.53 Å². The average molecular weight is 342 g/mol. The molecule has 2 aromatic rings. The summed E-state index contributed by atoms with van der Waals surface area (Å²) in [6, 6.07) is 11.4. The summed E-state index contributed by atoms with van der Waals surface area (Å²) in [5, 5.41) is 14.1. The summed E-state index contributed by atoms with van der Waals surface area (Å²) >= 11 is 0. The molecular weight excluding hydrogens is 316 g/mol. The van der Waals surface area contributed by atoms with E-state index in [1.54, 1.807) is 19.2 Å². The minimum atomic E-state index is -0.173. The normalized spacial score (nSPS) is 10.3. The number of nitrogens with one attached hydrogen (secondary N) is 2. The molecule has 0 aliphatic rings. The van der Waals surface area contributed by atoms with Gasteiger partial charge in [-0.2, -0.15) is 0 Å². The summed E-state index contributed by atoms with van der Waals surface area (Å²) in [6.45, 7) is 3.55. The van der Waals surface area contributed by atoms with Crippen LogP contribution in [-0.2, 0) is 6.42 Å². The molecule has 0 aliphatic carbocycles. The number of hydrogen-bond donors (Lipinski definition) is 2. The third-order valence-electron chi connectivity index (χ3n) is 3.84. The molecule has 0 bridgehead atoms. The van der Waals surface area contributed by atoms with Crippen molar-refractivity contribution in [2.75, 3.05) is 25.5 Å². The fraction of sp³-hybridized carbons (Fsp3) is 0.421. The number of aromatic nitrogens is 2. The molecule has 6 nitrogen and oxygen atoms in total. The van der Waals surface area contributed by atoms with Crippen LogP contribution in [0.4, 0.5) is 5.82 Å². The number of methoxy groups -OCH3 is 1. The first-order chi connectivity index (χ1) is 12.2. The third kappa shape index (κ3) is 6.41. The van der Waals surface area contributed by atoms with Gasteiger partial charge in [-0.15, -0.1) is 10.2 Å². The summed E-state index contributed by atoms with van der Waals surface area (Å²) in [7, 11) is 1.66. The topological polar surface area (TPSA) is 76.1 Å². The molecule has 2 rings (SSSR count). The van der Waals surface area contributed by atoms with Gasteiger partial charge >= 0.3 is 0 Å². The third-order valence-corrected chi connectivity index (χ3v) is 3.84. The molecule has 1 aromatic carbocycles. The zero-order valence-corrected chi connectivity index (χ0v) is 14.9. The van der Waals surface area contributed by atoms with Crippen LogP contribution in [0, 0.1) is 0 Å². The fourth-order valence-corrected chi connectivity index (χ4v) is 2.34. The molecular formula is C19H26N4O2. The van der Waals surface area contributed by atoms with Gasteiger partial charge in [-0.1, -0.05) is 31.9 Å². The van der Waals surface area contributed by atoms with Crippen molar-refractivity contribution in [3.8, 4) is 5.75 Å². The van der Waals surface area contributed by atoms with Gasteiger partial charge in [0.2, 0.25) is 0 Å². The zero-order chi connectivity index (χ0) is 17.9. The second-order valence-electron chi connectivity index (χ2n) is 5.79. The van der Waals surface area contributed by atoms with Crippen molar-refractivity contribution in [2.24, 2.45) is 0 Å². The molecule has 1 amide bonds. The molecule has 134 valence electrons. The molecule has 0 aliphatic heterocycles. The summed E-state index contributed by atoms with van der Waals surface area (Å²) in [5.74, 6) is 1.34. The van der Waals surface area contributed by atoms with Crippen molar-refractivity contribution in [3.63, 3.8) is 0 Å². The van der Waals surface area contributed by atoms with Crippen LogP contribution in [0.1, 0.15) is 42.2 Å². The SMILES string of the molecule is CCCCCNC(=O)c1ccc(NCCc2ccc(OC)cc2)nn1. The van der Waals surface area contributed by atoms with Crippen LogP contribution in [0.25, 0.3) is 0 Å². The molecule has 0 spiro atoms. The number of ether oxygens (including phenoxy) is 1. The molecule has 0 saturated carbocycles. The Bertz CT molecular complexity index is 641. The highest BCUT2D eigenvalue weighted by atomic mass is 16.5. The number of benzene rings is 1. The minimum Gasteiger partial charge on any atom is -0.497 e. The molecule has 25 heavy (non-hydrogen) atoms. The average Bonchev–Trinajstić information content (AvgIpc) is 2.66. The van der Waals surface area contributed by atoms with Gasteiger partial charge in [-0.05, 0) is 42.7 Å². The van der Waals surface area contributed by atoms with Gasteiger partial charge in [-0.3, -0.25) is 4.79 Å². The number of hydrogen-bond acceptors (Lipinski definition) is 5. The van der Waals surface area contributed by atoms with Crippen LogP contribution >= 0.6 is 0 Å². The molecule has 0 unspecified atom stereocenters. The van der Waals surface area contributed by atoms with Gasteiger partial charge in [0.25, 0.3) is 5.91 Å². The molecule has 0 saturated heterocycles. The van der Waals surface area contributed by atoms with Crippen LogP contribution in [0.3, 0.4) is 0 Å². The highest BCUT2D eigenvalue weighted by Gasteiger charge is 2.07. The lowest BCUT2D eigenvalue weighted by atomic mass is 10.1. The predicted molar refractivity (Wildman–Crippen MR) is 99.1 cm³/mol. The standard InChI is InChI=1S/C19H26N4O2/c1-3-4-5-13-21-19(24)17-10-11-18(23-22-17)20-14-12-15-6-8-16(25-2)9-7-15/h6-11H,3-5,12-14H2,1-2H3,(H,20,23)(H,21,24). The lowest BCUT2D eigenvalue weighted by Crippen LogP contribution is -2.25. The maximum absolute atomic E-state index is 11.9. The minimum absolute atomic E-state index is 0.173. The molecule has 0 radical (unpaired) electrons. The first-order valence-corrected chi connectivity index (χ1v) is 8.71. The highest BCUT2D eigenvalue weighted by Crippen LogP contribution is 2.12. The molecule has 1 heterocycles. The number of anilines is 1. The number of rotatable bonds is 10. The quantitative estimate of drug-likeness (QED) is 0.649. The van der Waals surface area contributed by atoms with Gasteiger partial charge in [-0.25, -0.2) is 0 Å². The predicted octanol–water partition coefficient (Wildman–Crippen LogP) is 3.06. The largest absolute Gasteiger partial charge is 0.497 e. The molecule has 0 atom stereocenters. The van der Waals surface area contributed by atoms with Crippen LogP contribution in [-0.4, -0.2) is 36.3 Å². The van der Waals surface area contributed by atoms with E-state index >= 15 is 0 Å². The molecule has 2 N–H and O–H groups in total. The van der Waals surface area contributed by atoms with E-state index < -0.39 is 0 Å². The Labute approximate surface area is 149 Å². The van der Waals surface area contributed by atoms with Crippen LogP contribution < -0.4 is 15.4 Å². The van der Waals surface area contributed by atoms with Gasteiger partial charge in [0.1, 0.15) is 11.6 Å². The number of carbonyl (C=O) groups excluding carboxylic acids is 1. The van der Waals surface area contributed by atoms with E-state index in [0.29, 0.717) is 18.1 Å². The zero-order valence-electron chi connectivity index (χ0n) is 14.9. The number of unbranched alkanes of at least 4 members (excludes halogenated alkanes) is 2. The molecule has 6 heteroatoms. The van der Waals surface area contributed by atoms with Crippen LogP contribution in [0.5, 0.6) is 5.75 Å². The molecule has 0 fully saturated rings. The monoisotopic (exact) mass is 342 g/mol. The van der Waals surface area contributed by atoms with E-state index in [-0.39, 0.29) is 5.91 Å². The second kappa shape index (κ2) is 10.3. The lowest BCUT2D eigenvalue weighted by molar-refractivity contribution is 0.0947. The Morgan fingerprint density at radius 2 is 1.84 bits per heavy atom. The summed E-state index contributed by atoms with van der Waals surface area (Å²) < 4.78 is 5.14. The van der Waals surface area contributed by atoms with Crippen molar-refractivity contribution in [2.45, 2.75) is 32.6 Å². The Morgan fingerprint density at radius 1 is 1.04 bits per heavy atom. The Hall–Kier alpha value is -2.63. The Morgan fingerprint density at radius 3 is 2.48 bits per heavy atom. The first-order valence-electron chi connectivity index (χ1n) is 8.71. The van der Waals surface area contributed by atoms with Gasteiger partial charge in [0.15, 0.2) is 5.69 Å². The van der Waals surface area contributed by atoms with Gasteiger partial charge in [0, 0.05) is 13.1 Å². The van der Waals surface area contributed by atoms with E-state index in [9.17, 15) is 4.79 Å².